The molecule has 6 heteroatoms. The quantitative estimate of drug-likeness (QED) is 0.412. The topological polar surface area (TPSA) is 70.4 Å². The Bertz CT molecular complexity index is 1320. The van der Waals surface area contributed by atoms with Crippen LogP contribution in [0, 0.1) is 6.92 Å². The number of nitrogens with one attached hydrogen (secondary N) is 1. The average Bonchev–Trinajstić information content (AvgIpc) is 3.25. The molecule has 0 spiro atoms. The minimum atomic E-state index is -0.161. The van der Waals surface area contributed by atoms with Crippen molar-refractivity contribution in [1.29, 1.82) is 0 Å². The van der Waals surface area contributed by atoms with E-state index in [0.29, 0.717) is 25.3 Å². The zero-order chi connectivity index (χ0) is 24.2. The lowest BCUT2D eigenvalue weighted by molar-refractivity contribution is 0.0942. The summed E-state index contributed by atoms with van der Waals surface area (Å²) in [6.45, 7) is 5.51. The molecule has 1 aliphatic heterocycles. The number of aliphatic hydroxyl groups excluding tert-OH is 1. The average molecular weight is 469 g/mol. The van der Waals surface area contributed by atoms with Crippen LogP contribution in [-0.4, -0.2) is 45.4 Å². The molecule has 0 saturated carbocycles. The van der Waals surface area contributed by atoms with Gasteiger partial charge in [-0.05, 0) is 35.2 Å². The van der Waals surface area contributed by atoms with Crippen molar-refractivity contribution in [3.05, 3.63) is 100 Å². The molecule has 2 N–H and O–H groups in total. The second kappa shape index (κ2) is 10.4. The molecule has 1 aromatic heterocycles. The van der Waals surface area contributed by atoms with Crippen LogP contribution in [0.4, 0.5) is 0 Å². The summed E-state index contributed by atoms with van der Waals surface area (Å²) in [6, 6.07) is 23.1. The number of hydrogen-bond donors (Lipinski definition) is 2. The van der Waals surface area contributed by atoms with Crippen molar-refractivity contribution in [2.75, 3.05) is 19.7 Å². The third-order valence-electron chi connectivity index (χ3n) is 6.90. The first-order chi connectivity index (χ1) is 17.1. The number of benzene rings is 3. The summed E-state index contributed by atoms with van der Waals surface area (Å²) in [4.78, 5) is 15.7. The zero-order valence-corrected chi connectivity index (χ0v) is 20.2. The number of rotatable bonds is 8. The third-order valence-corrected chi connectivity index (χ3v) is 6.90. The Morgan fingerprint density at radius 3 is 2.66 bits per heavy atom. The predicted octanol–water partition coefficient (Wildman–Crippen LogP) is 3.87. The van der Waals surface area contributed by atoms with Gasteiger partial charge in [-0.15, -0.1) is 0 Å². The van der Waals surface area contributed by atoms with Crippen LogP contribution >= 0.6 is 0 Å². The van der Waals surface area contributed by atoms with Crippen molar-refractivity contribution in [2.24, 2.45) is 0 Å². The van der Waals surface area contributed by atoms with Gasteiger partial charge >= 0.3 is 0 Å². The Morgan fingerprint density at radius 2 is 1.83 bits per heavy atom. The van der Waals surface area contributed by atoms with Crippen LogP contribution in [-0.2, 0) is 32.5 Å². The fourth-order valence-electron chi connectivity index (χ4n) is 4.95. The smallest absolute Gasteiger partial charge is 0.272 e. The molecule has 0 unspecified atom stereocenters. The molecule has 0 saturated heterocycles. The van der Waals surface area contributed by atoms with Crippen molar-refractivity contribution in [2.45, 2.75) is 39.4 Å². The van der Waals surface area contributed by atoms with E-state index in [1.807, 2.05) is 22.9 Å². The second-order valence-electron chi connectivity index (χ2n) is 9.30. The summed E-state index contributed by atoms with van der Waals surface area (Å²) in [5, 5.41) is 19.6. The van der Waals surface area contributed by atoms with Gasteiger partial charge in [-0.25, -0.2) is 0 Å². The van der Waals surface area contributed by atoms with Crippen molar-refractivity contribution < 1.29 is 9.90 Å². The molecule has 0 bridgehead atoms. The number of aryl methyl sites for hydroxylation is 1. The van der Waals surface area contributed by atoms with Crippen LogP contribution in [0.25, 0.3) is 10.8 Å². The van der Waals surface area contributed by atoms with Gasteiger partial charge in [0, 0.05) is 43.9 Å². The minimum absolute atomic E-state index is 0.00230. The van der Waals surface area contributed by atoms with Crippen molar-refractivity contribution in [3.8, 4) is 0 Å². The second-order valence-corrected chi connectivity index (χ2v) is 9.30. The molecule has 3 aromatic carbocycles. The van der Waals surface area contributed by atoms with E-state index in [1.165, 1.54) is 11.1 Å². The first-order valence-electron chi connectivity index (χ1n) is 12.3. The lowest BCUT2D eigenvalue weighted by Crippen LogP contribution is -2.34. The first kappa shape index (κ1) is 23.3. The molecule has 0 fully saturated rings. The van der Waals surface area contributed by atoms with Crippen LogP contribution in [0.1, 0.15) is 38.4 Å². The molecule has 0 aliphatic carbocycles. The summed E-state index contributed by atoms with van der Waals surface area (Å²) in [7, 11) is 0. The van der Waals surface area contributed by atoms with Crippen molar-refractivity contribution >= 4 is 16.7 Å². The Balaban J connectivity index is 1.31. The van der Waals surface area contributed by atoms with Gasteiger partial charge in [0.05, 0.1) is 13.2 Å². The highest BCUT2D eigenvalue weighted by Crippen LogP contribution is 2.24. The lowest BCUT2D eigenvalue weighted by atomic mass is 10.0. The largest absolute Gasteiger partial charge is 0.394 e. The third kappa shape index (κ3) is 5.14. The molecule has 0 atom stereocenters. The number of fused-ring (bicyclic) bond motifs is 2. The summed E-state index contributed by atoms with van der Waals surface area (Å²) < 4.78 is 1.82. The molecule has 35 heavy (non-hydrogen) atoms. The molecular formula is C29H32N4O2. The van der Waals surface area contributed by atoms with E-state index in [9.17, 15) is 9.90 Å². The van der Waals surface area contributed by atoms with Gasteiger partial charge < -0.3 is 10.4 Å². The zero-order valence-electron chi connectivity index (χ0n) is 20.2. The molecule has 6 nitrogen and oxygen atoms in total. The first-order valence-corrected chi connectivity index (χ1v) is 12.3. The van der Waals surface area contributed by atoms with Crippen LogP contribution in [0.15, 0.2) is 66.7 Å². The maximum Gasteiger partial charge on any atom is 0.272 e. The Morgan fingerprint density at radius 1 is 1.03 bits per heavy atom. The molecule has 4 aromatic rings. The lowest BCUT2D eigenvalue weighted by Gasteiger charge is -2.27. The van der Waals surface area contributed by atoms with E-state index >= 15 is 0 Å². The van der Waals surface area contributed by atoms with Crippen molar-refractivity contribution in [1.82, 2.24) is 20.0 Å². The van der Waals surface area contributed by atoms with E-state index in [4.69, 9.17) is 0 Å². The van der Waals surface area contributed by atoms with Gasteiger partial charge in [-0.2, -0.15) is 5.10 Å². The number of carbonyl (C=O) groups excluding carboxylic acids is 1. The number of nitrogens with zero attached hydrogens (tertiary/aromatic N) is 3. The molecule has 0 radical (unpaired) electrons. The molecule has 1 amide bonds. The van der Waals surface area contributed by atoms with Crippen LogP contribution < -0.4 is 5.32 Å². The Labute approximate surface area is 206 Å². The standard InChI is InChI=1S/C29H32N4O2/c1-21-9-11-22(12-10-21)13-15-32-16-14-27-26(20-32)28(31-33(27)17-18-34)29(35)30-19-24-7-4-6-23-5-2-3-8-25(23)24/h2-12,34H,13-20H2,1H3,(H,30,35). The molecule has 5 rings (SSSR count). The monoisotopic (exact) mass is 468 g/mol. The fraction of sp³-hybridized carbons (Fsp3) is 0.310. The van der Waals surface area contributed by atoms with E-state index in [0.717, 1.165) is 53.5 Å². The van der Waals surface area contributed by atoms with Crippen LogP contribution in [0.3, 0.4) is 0 Å². The minimum Gasteiger partial charge on any atom is -0.394 e. The maximum absolute atomic E-state index is 13.3. The van der Waals surface area contributed by atoms with E-state index in [-0.39, 0.29) is 12.5 Å². The van der Waals surface area contributed by atoms with Crippen molar-refractivity contribution in [3.63, 3.8) is 0 Å². The van der Waals surface area contributed by atoms with E-state index in [1.54, 1.807) is 0 Å². The van der Waals surface area contributed by atoms with Gasteiger partial charge in [0.2, 0.25) is 0 Å². The Kier molecular flexibility index (Phi) is 6.93. The SMILES string of the molecule is Cc1ccc(CCN2CCc3c(c(C(=O)NCc4cccc5ccccc45)nn3CCO)C2)cc1. The van der Waals surface area contributed by atoms with E-state index in [2.05, 4.69) is 70.8 Å². The van der Waals surface area contributed by atoms with Gasteiger partial charge in [0.25, 0.3) is 5.91 Å². The number of carbonyl (C=O) groups is 1. The highest BCUT2D eigenvalue weighted by Gasteiger charge is 2.28. The molecule has 180 valence electrons. The molecule has 1 aliphatic rings. The van der Waals surface area contributed by atoms with Crippen LogP contribution in [0.2, 0.25) is 0 Å². The van der Waals surface area contributed by atoms with Gasteiger partial charge in [0.1, 0.15) is 0 Å². The fourth-order valence-corrected chi connectivity index (χ4v) is 4.95. The number of aliphatic hydroxyl groups is 1. The summed E-state index contributed by atoms with van der Waals surface area (Å²) in [6.07, 6.45) is 1.80. The van der Waals surface area contributed by atoms with Gasteiger partial charge in [-0.1, -0.05) is 72.3 Å². The Hall–Kier alpha value is -3.48. The highest BCUT2D eigenvalue weighted by molar-refractivity contribution is 5.94. The van der Waals surface area contributed by atoms with E-state index < -0.39 is 0 Å². The maximum atomic E-state index is 13.3. The molecular weight excluding hydrogens is 436 g/mol. The number of hydrogen-bond acceptors (Lipinski definition) is 4. The normalized spacial score (nSPS) is 13.7. The number of aromatic nitrogens is 2. The summed E-state index contributed by atoms with van der Waals surface area (Å²) in [5.41, 5.74) is 6.22. The highest BCUT2D eigenvalue weighted by atomic mass is 16.3. The summed E-state index contributed by atoms with van der Waals surface area (Å²) in [5.74, 6) is -0.161. The predicted molar refractivity (Wildman–Crippen MR) is 138 cm³/mol. The molecule has 2 heterocycles. The van der Waals surface area contributed by atoms with Crippen LogP contribution in [0.5, 0.6) is 0 Å². The van der Waals surface area contributed by atoms with Gasteiger partial charge in [-0.3, -0.25) is 14.4 Å². The number of amides is 1. The van der Waals surface area contributed by atoms with Gasteiger partial charge in [0.15, 0.2) is 5.69 Å². The summed E-state index contributed by atoms with van der Waals surface area (Å²) >= 11 is 0.